The molecule has 0 aromatic carbocycles. The highest BCUT2D eigenvalue weighted by Gasteiger charge is 2.66. The highest BCUT2D eigenvalue weighted by molar-refractivity contribution is 6.00. The summed E-state index contributed by atoms with van der Waals surface area (Å²) < 4.78 is 23.5. The van der Waals surface area contributed by atoms with Gasteiger partial charge in [-0.3, -0.25) is 9.59 Å². The Morgan fingerprint density at radius 1 is 0.963 bits per heavy atom. The Kier molecular flexibility index (Phi) is 6.96. The van der Waals surface area contributed by atoms with Crippen LogP contribution in [0.2, 0.25) is 0 Å². The van der Waals surface area contributed by atoms with Gasteiger partial charge in [-0.05, 0) is 32.1 Å². The van der Waals surface area contributed by atoms with Crippen molar-refractivity contribution in [2.24, 2.45) is 23.2 Å². The van der Waals surface area contributed by atoms with E-state index in [4.69, 9.17) is 18.9 Å². The summed E-state index contributed by atoms with van der Waals surface area (Å²) >= 11 is 0. The van der Waals surface area contributed by atoms with E-state index in [0.29, 0.717) is 18.3 Å². The summed E-state index contributed by atoms with van der Waals surface area (Å²) in [5.74, 6) is -1.53. The molecule has 0 aromatic heterocycles. The summed E-state index contributed by atoms with van der Waals surface area (Å²) in [4.78, 5) is 25.7. The third-order valence-electron chi connectivity index (χ3n) is 5.94. The van der Waals surface area contributed by atoms with Crippen molar-refractivity contribution in [2.45, 2.75) is 85.7 Å². The lowest BCUT2D eigenvalue weighted by molar-refractivity contribution is -0.344. The maximum Gasteiger partial charge on any atom is 0.323 e. The molecule has 4 atom stereocenters. The molecule has 1 unspecified atom stereocenters. The van der Waals surface area contributed by atoms with Crippen LogP contribution in [-0.2, 0) is 28.5 Å². The molecule has 1 saturated heterocycles. The molecule has 0 N–H and O–H groups in total. The van der Waals surface area contributed by atoms with Gasteiger partial charge in [-0.25, -0.2) is 0 Å². The second-order valence-electron chi connectivity index (χ2n) is 8.65. The van der Waals surface area contributed by atoms with Crippen molar-refractivity contribution in [1.82, 2.24) is 0 Å². The molecule has 1 aliphatic carbocycles. The molecule has 1 heterocycles. The molecular formula is C21H36O6. The fourth-order valence-corrected chi connectivity index (χ4v) is 4.28. The van der Waals surface area contributed by atoms with Gasteiger partial charge in [0.15, 0.2) is 11.2 Å². The summed E-state index contributed by atoms with van der Waals surface area (Å²) in [5, 5.41) is 0. The Morgan fingerprint density at radius 2 is 1.41 bits per heavy atom. The van der Waals surface area contributed by atoms with Crippen molar-refractivity contribution >= 4 is 11.9 Å². The van der Waals surface area contributed by atoms with Crippen molar-refractivity contribution in [2.75, 3.05) is 13.2 Å². The van der Waals surface area contributed by atoms with E-state index in [1.54, 1.807) is 13.8 Å². The smallest absolute Gasteiger partial charge is 0.323 e. The molecule has 0 bridgehead atoms. The standard InChI is InChI=1S/C21H36O6/c1-8-24-18(22)20(19(23)25-9-2)11-15(7)21(12-20)26-16(13(3)4)10-17(27-21)14(5)6/h13-17H,8-12H2,1-7H3/t15-,16-,17+,21?/m0/s1. The van der Waals surface area contributed by atoms with Gasteiger partial charge in [0.1, 0.15) is 0 Å². The minimum Gasteiger partial charge on any atom is -0.465 e. The molecular weight excluding hydrogens is 348 g/mol. The molecule has 2 rings (SSSR count). The molecule has 1 saturated carbocycles. The van der Waals surface area contributed by atoms with Crippen LogP contribution in [0.5, 0.6) is 0 Å². The van der Waals surface area contributed by atoms with E-state index >= 15 is 0 Å². The van der Waals surface area contributed by atoms with E-state index in [0.717, 1.165) is 6.42 Å². The number of esters is 2. The van der Waals surface area contributed by atoms with Crippen molar-refractivity contribution in [3.05, 3.63) is 0 Å². The topological polar surface area (TPSA) is 71.1 Å². The zero-order chi connectivity index (χ0) is 20.4. The first kappa shape index (κ1) is 22.2. The average Bonchev–Trinajstić information content (AvgIpc) is 2.88. The van der Waals surface area contributed by atoms with Gasteiger partial charge in [0, 0.05) is 18.8 Å². The third-order valence-corrected chi connectivity index (χ3v) is 5.94. The Hall–Kier alpha value is -1.14. The molecule has 27 heavy (non-hydrogen) atoms. The van der Waals surface area contributed by atoms with Crippen LogP contribution in [-0.4, -0.2) is 43.1 Å². The summed E-state index contributed by atoms with van der Waals surface area (Å²) in [6.07, 6.45) is 1.31. The second kappa shape index (κ2) is 8.48. The Bertz CT molecular complexity index is 507. The lowest BCUT2D eigenvalue weighted by Gasteiger charge is -2.47. The lowest BCUT2D eigenvalue weighted by Crippen LogP contribution is -2.54. The number of hydrogen-bond donors (Lipinski definition) is 0. The zero-order valence-corrected chi connectivity index (χ0v) is 17.9. The van der Waals surface area contributed by atoms with Gasteiger partial charge in [0.05, 0.1) is 25.4 Å². The first-order valence-electron chi connectivity index (χ1n) is 10.3. The van der Waals surface area contributed by atoms with Gasteiger partial charge < -0.3 is 18.9 Å². The van der Waals surface area contributed by atoms with E-state index in [2.05, 4.69) is 27.7 Å². The predicted octanol–water partition coefficient (Wildman–Crippen LogP) is 3.71. The van der Waals surface area contributed by atoms with E-state index in [-0.39, 0.29) is 37.8 Å². The maximum absolute atomic E-state index is 12.9. The summed E-state index contributed by atoms with van der Waals surface area (Å²) in [6, 6.07) is 0. The van der Waals surface area contributed by atoms with E-state index in [9.17, 15) is 9.59 Å². The number of rotatable bonds is 6. The first-order valence-corrected chi connectivity index (χ1v) is 10.3. The molecule has 2 fully saturated rings. The van der Waals surface area contributed by atoms with Gasteiger partial charge in [0.2, 0.25) is 0 Å². The van der Waals surface area contributed by atoms with Crippen molar-refractivity contribution in [3.8, 4) is 0 Å². The third kappa shape index (κ3) is 4.16. The van der Waals surface area contributed by atoms with Gasteiger partial charge in [-0.2, -0.15) is 0 Å². The molecule has 0 amide bonds. The van der Waals surface area contributed by atoms with Crippen LogP contribution in [0.3, 0.4) is 0 Å². The Labute approximate surface area is 163 Å². The molecule has 0 radical (unpaired) electrons. The van der Waals surface area contributed by atoms with Gasteiger partial charge >= 0.3 is 11.9 Å². The SMILES string of the molecule is CCOC(=O)C1(C(=O)OCC)C[C@H](C)C2(C1)O[C@H](C(C)C)C[C@H](C(C)C)O2. The molecule has 1 spiro atoms. The van der Waals surface area contributed by atoms with Crippen LogP contribution in [0, 0.1) is 23.2 Å². The van der Waals surface area contributed by atoms with Crippen molar-refractivity contribution < 1.29 is 28.5 Å². The number of hydrogen-bond acceptors (Lipinski definition) is 6. The minimum atomic E-state index is -1.37. The zero-order valence-electron chi connectivity index (χ0n) is 17.9. The van der Waals surface area contributed by atoms with Crippen LogP contribution in [0.25, 0.3) is 0 Å². The fourth-order valence-electron chi connectivity index (χ4n) is 4.28. The second-order valence-corrected chi connectivity index (χ2v) is 8.65. The average molecular weight is 385 g/mol. The van der Waals surface area contributed by atoms with E-state index < -0.39 is 23.1 Å². The molecule has 6 nitrogen and oxygen atoms in total. The Balaban J connectivity index is 2.41. The van der Waals surface area contributed by atoms with Crippen LogP contribution >= 0.6 is 0 Å². The summed E-state index contributed by atoms with van der Waals surface area (Å²) in [5.41, 5.74) is -1.37. The van der Waals surface area contributed by atoms with Gasteiger partial charge in [-0.1, -0.05) is 34.6 Å². The molecule has 0 aromatic rings. The molecule has 2 aliphatic rings. The van der Waals surface area contributed by atoms with E-state index in [1.165, 1.54) is 0 Å². The number of carbonyl (C=O) groups is 2. The van der Waals surface area contributed by atoms with Crippen LogP contribution in [0.4, 0.5) is 0 Å². The van der Waals surface area contributed by atoms with Crippen LogP contribution in [0.1, 0.15) is 67.7 Å². The van der Waals surface area contributed by atoms with Crippen LogP contribution in [0.15, 0.2) is 0 Å². The van der Waals surface area contributed by atoms with Crippen molar-refractivity contribution in [3.63, 3.8) is 0 Å². The number of carbonyl (C=O) groups excluding carboxylic acids is 2. The molecule has 156 valence electrons. The number of ether oxygens (including phenoxy) is 4. The quantitative estimate of drug-likeness (QED) is 0.513. The lowest BCUT2D eigenvalue weighted by atomic mass is 9.85. The highest BCUT2D eigenvalue weighted by atomic mass is 16.7. The van der Waals surface area contributed by atoms with E-state index in [1.807, 2.05) is 6.92 Å². The fraction of sp³-hybridized carbons (Fsp3) is 0.905. The monoisotopic (exact) mass is 384 g/mol. The van der Waals surface area contributed by atoms with Gasteiger partial charge in [-0.15, -0.1) is 0 Å². The van der Waals surface area contributed by atoms with Crippen molar-refractivity contribution in [1.29, 1.82) is 0 Å². The molecule has 1 aliphatic heterocycles. The van der Waals surface area contributed by atoms with Crippen LogP contribution < -0.4 is 0 Å². The summed E-state index contributed by atoms with van der Waals surface area (Å²) in [6.45, 7) is 14.4. The predicted molar refractivity (Wildman–Crippen MR) is 101 cm³/mol. The van der Waals surface area contributed by atoms with Gasteiger partial charge in [0.25, 0.3) is 0 Å². The minimum absolute atomic E-state index is 0.0220. The largest absolute Gasteiger partial charge is 0.465 e. The maximum atomic E-state index is 12.9. The first-order chi connectivity index (χ1) is 12.6. The Morgan fingerprint density at radius 3 is 1.78 bits per heavy atom. The molecule has 6 heteroatoms. The normalized spacial score (nSPS) is 32.9. The highest BCUT2D eigenvalue weighted by Crippen LogP contribution is 2.55. The summed E-state index contributed by atoms with van der Waals surface area (Å²) in [7, 11) is 0.